The summed E-state index contributed by atoms with van der Waals surface area (Å²) in [6.07, 6.45) is 0.997. The molecule has 0 atom stereocenters. The van der Waals surface area contributed by atoms with Gasteiger partial charge in [0.15, 0.2) is 14.9 Å². The second-order valence-electron chi connectivity index (χ2n) is 5.59. The molecule has 0 saturated heterocycles. The Hall–Kier alpha value is -2.16. The molecule has 3 rings (SSSR count). The SMILES string of the molecule is COCc1c(S(C)(=O)=O)n(S(=O)(=O)c2ccccc2)c2ccccc12. The van der Waals surface area contributed by atoms with Crippen molar-refractivity contribution in [2.75, 3.05) is 13.4 Å². The summed E-state index contributed by atoms with van der Waals surface area (Å²) in [4.78, 5) is 0.0182. The van der Waals surface area contributed by atoms with Crippen molar-refractivity contribution in [2.24, 2.45) is 0 Å². The number of ether oxygens (including phenoxy) is 1. The summed E-state index contributed by atoms with van der Waals surface area (Å²) in [5.74, 6) is 0. The van der Waals surface area contributed by atoms with Crippen LogP contribution in [0.5, 0.6) is 0 Å². The van der Waals surface area contributed by atoms with E-state index in [0.29, 0.717) is 16.5 Å². The molecule has 3 aromatic rings. The Morgan fingerprint density at radius 1 is 0.920 bits per heavy atom. The van der Waals surface area contributed by atoms with Crippen molar-refractivity contribution in [2.45, 2.75) is 16.5 Å². The van der Waals surface area contributed by atoms with Gasteiger partial charge in [-0.25, -0.2) is 20.8 Å². The van der Waals surface area contributed by atoms with Crippen LogP contribution in [0.25, 0.3) is 10.9 Å². The van der Waals surface area contributed by atoms with Crippen LogP contribution in [0.2, 0.25) is 0 Å². The summed E-state index contributed by atoms with van der Waals surface area (Å²) >= 11 is 0. The van der Waals surface area contributed by atoms with E-state index in [4.69, 9.17) is 4.74 Å². The molecule has 0 saturated carbocycles. The van der Waals surface area contributed by atoms with E-state index in [0.717, 1.165) is 10.2 Å². The van der Waals surface area contributed by atoms with E-state index in [2.05, 4.69) is 0 Å². The van der Waals surface area contributed by atoms with Gasteiger partial charge in [-0.1, -0.05) is 36.4 Å². The van der Waals surface area contributed by atoms with Crippen molar-refractivity contribution < 1.29 is 21.6 Å². The molecule has 0 aliphatic rings. The van der Waals surface area contributed by atoms with Crippen molar-refractivity contribution in [1.82, 2.24) is 3.97 Å². The van der Waals surface area contributed by atoms with Crippen molar-refractivity contribution in [3.05, 3.63) is 60.2 Å². The van der Waals surface area contributed by atoms with Gasteiger partial charge >= 0.3 is 0 Å². The van der Waals surface area contributed by atoms with E-state index in [1.165, 1.54) is 19.2 Å². The molecule has 0 fully saturated rings. The Kier molecular flexibility index (Phi) is 4.44. The molecule has 8 heteroatoms. The molecule has 1 heterocycles. The Labute approximate surface area is 146 Å². The lowest BCUT2D eigenvalue weighted by molar-refractivity contribution is 0.183. The van der Waals surface area contributed by atoms with Crippen molar-refractivity contribution in [1.29, 1.82) is 0 Å². The molecule has 0 spiro atoms. The van der Waals surface area contributed by atoms with Gasteiger partial charge in [0.25, 0.3) is 10.0 Å². The summed E-state index contributed by atoms with van der Waals surface area (Å²) in [6, 6.07) is 14.4. The first-order valence-corrected chi connectivity index (χ1v) is 10.7. The predicted octanol–water partition coefficient (Wildman–Crippen LogP) is 2.43. The van der Waals surface area contributed by atoms with E-state index in [9.17, 15) is 16.8 Å². The van der Waals surface area contributed by atoms with Crippen LogP contribution in [0, 0.1) is 0 Å². The highest BCUT2D eigenvalue weighted by atomic mass is 32.2. The molecule has 0 bridgehead atoms. The molecule has 0 aliphatic heterocycles. The lowest BCUT2D eigenvalue weighted by Gasteiger charge is -2.11. The zero-order valence-corrected chi connectivity index (χ0v) is 15.3. The minimum Gasteiger partial charge on any atom is -0.380 e. The summed E-state index contributed by atoms with van der Waals surface area (Å²) < 4.78 is 57.3. The van der Waals surface area contributed by atoms with Crippen LogP contribution >= 0.6 is 0 Å². The number of aromatic nitrogens is 1. The van der Waals surface area contributed by atoms with E-state index in [1.807, 2.05) is 0 Å². The summed E-state index contributed by atoms with van der Waals surface area (Å²) in [7, 11) is -6.50. The minimum atomic E-state index is -4.09. The highest BCUT2D eigenvalue weighted by molar-refractivity contribution is 7.93. The molecule has 0 N–H and O–H groups in total. The first-order valence-electron chi connectivity index (χ1n) is 7.40. The number of hydrogen-bond donors (Lipinski definition) is 0. The number of fused-ring (bicyclic) bond motifs is 1. The summed E-state index contributed by atoms with van der Waals surface area (Å²) in [5.41, 5.74) is 0.638. The predicted molar refractivity (Wildman–Crippen MR) is 94.8 cm³/mol. The van der Waals surface area contributed by atoms with Crippen LogP contribution in [-0.4, -0.2) is 34.2 Å². The third-order valence-electron chi connectivity index (χ3n) is 3.81. The molecular formula is C17H17NO5S2. The largest absolute Gasteiger partial charge is 0.380 e. The van der Waals surface area contributed by atoms with Gasteiger partial charge in [0.05, 0.1) is 17.0 Å². The Morgan fingerprint density at radius 3 is 2.12 bits per heavy atom. The monoisotopic (exact) mass is 379 g/mol. The maximum atomic E-state index is 13.2. The number of nitrogens with zero attached hydrogens (tertiary/aromatic N) is 1. The van der Waals surface area contributed by atoms with Crippen LogP contribution in [-0.2, 0) is 31.2 Å². The van der Waals surface area contributed by atoms with Crippen molar-refractivity contribution >= 4 is 30.8 Å². The summed E-state index contributed by atoms with van der Waals surface area (Å²) in [5, 5.41) is 0.267. The lowest BCUT2D eigenvalue weighted by Crippen LogP contribution is -2.19. The number of sulfone groups is 1. The molecule has 0 aliphatic carbocycles. The van der Waals surface area contributed by atoms with Gasteiger partial charge in [0.2, 0.25) is 0 Å². The van der Waals surface area contributed by atoms with Gasteiger partial charge in [-0.2, -0.15) is 0 Å². The number of benzene rings is 2. The van der Waals surface area contributed by atoms with Gasteiger partial charge in [-0.3, -0.25) is 0 Å². The van der Waals surface area contributed by atoms with Gasteiger partial charge in [-0.05, 0) is 18.2 Å². The van der Waals surface area contributed by atoms with Gasteiger partial charge < -0.3 is 4.74 Å². The first-order chi connectivity index (χ1) is 11.8. The van der Waals surface area contributed by atoms with Crippen LogP contribution in [0.1, 0.15) is 5.56 Å². The van der Waals surface area contributed by atoms with Crippen LogP contribution in [0.15, 0.2) is 64.5 Å². The molecule has 6 nitrogen and oxygen atoms in total. The third kappa shape index (κ3) is 2.97. The average Bonchev–Trinajstić information content (AvgIpc) is 2.92. The molecule has 0 radical (unpaired) electrons. The first kappa shape index (κ1) is 17.7. The van der Waals surface area contributed by atoms with Crippen LogP contribution < -0.4 is 0 Å². The van der Waals surface area contributed by atoms with E-state index >= 15 is 0 Å². The molecular weight excluding hydrogens is 362 g/mol. The molecule has 2 aromatic carbocycles. The quantitative estimate of drug-likeness (QED) is 0.680. The number of rotatable bonds is 5. The Morgan fingerprint density at radius 2 is 1.52 bits per heavy atom. The molecule has 0 amide bonds. The zero-order chi connectivity index (χ0) is 18.2. The molecule has 0 unspecified atom stereocenters. The maximum Gasteiger partial charge on any atom is 0.269 e. The average molecular weight is 379 g/mol. The highest BCUT2D eigenvalue weighted by Gasteiger charge is 2.31. The van der Waals surface area contributed by atoms with Crippen molar-refractivity contribution in [3.63, 3.8) is 0 Å². The highest BCUT2D eigenvalue weighted by Crippen LogP contribution is 2.33. The fourth-order valence-corrected chi connectivity index (χ4v) is 6.02. The van der Waals surface area contributed by atoms with Crippen LogP contribution in [0.3, 0.4) is 0 Å². The molecule has 25 heavy (non-hydrogen) atoms. The summed E-state index contributed by atoms with van der Waals surface area (Å²) in [6.45, 7) is -0.0137. The standard InChI is InChI=1S/C17H17NO5S2/c1-23-12-15-14-10-6-7-11-16(14)18(17(15)24(2,19)20)25(21,22)13-8-4-3-5-9-13/h3-11H,12H2,1-2H3. The Balaban J connectivity index is 2.51. The fourth-order valence-electron chi connectivity index (χ4n) is 2.85. The number of methoxy groups -OCH3 is 1. The van der Waals surface area contributed by atoms with E-state index < -0.39 is 19.9 Å². The second kappa shape index (κ2) is 6.29. The van der Waals surface area contributed by atoms with Gasteiger partial charge in [-0.15, -0.1) is 0 Å². The third-order valence-corrected chi connectivity index (χ3v) is 6.79. The Bertz CT molecular complexity index is 1130. The minimum absolute atomic E-state index is 0.0137. The number of para-hydroxylation sites is 1. The second-order valence-corrected chi connectivity index (χ2v) is 9.31. The van der Waals surface area contributed by atoms with Gasteiger partial charge in [0, 0.05) is 24.3 Å². The smallest absolute Gasteiger partial charge is 0.269 e. The topological polar surface area (TPSA) is 82.4 Å². The molecule has 132 valence electrons. The van der Waals surface area contributed by atoms with Crippen molar-refractivity contribution in [3.8, 4) is 0 Å². The maximum absolute atomic E-state index is 13.2. The fraction of sp³-hybridized carbons (Fsp3) is 0.176. The van der Waals surface area contributed by atoms with E-state index in [-0.39, 0.29) is 16.5 Å². The normalized spacial score (nSPS) is 12.6. The lowest BCUT2D eigenvalue weighted by atomic mass is 10.2. The number of hydrogen-bond acceptors (Lipinski definition) is 5. The zero-order valence-electron chi connectivity index (χ0n) is 13.7. The van der Waals surface area contributed by atoms with E-state index in [1.54, 1.807) is 42.5 Å². The molecule has 1 aromatic heterocycles. The van der Waals surface area contributed by atoms with Gasteiger partial charge in [0.1, 0.15) is 0 Å². The van der Waals surface area contributed by atoms with Crippen LogP contribution in [0.4, 0.5) is 0 Å².